The fourth-order valence-corrected chi connectivity index (χ4v) is 3.30. The van der Waals surface area contributed by atoms with Crippen LogP contribution >= 0.6 is 0 Å². The molecule has 0 heterocycles. The van der Waals surface area contributed by atoms with Crippen molar-refractivity contribution in [2.45, 2.75) is 59.0 Å². The van der Waals surface area contributed by atoms with E-state index in [-0.39, 0.29) is 11.9 Å². The number of carbonyl (C=O) groups is 1. The number of rotatable bonds is 4. The minimum atomic E-state index is 0.131. The molecule has 0 radical (unpaired) electrons. The van der Waals surface area contributed by atoms with Crippen LogP contribution in [0.25, 0.3) is 0 Å². The van der Waals surface area contributed by atoms with Gasteiger partial charge in [0.2, 0.25) is 5.91 Å². The van der Waals surface area contributed by atoms with Gasteiger partial charge in [-0.15, -0.1) is 0 Å². The van der Waals surface area contributed by atoms with Crippen LogP contribution in [0.15, 0.2) is 12.1 Å². The summed E-state index contributed by atoms with van der Waals surface area (Å²) in [4.78, 5) is 12.0. The van der Waals surface area contributed by atoms with Crippen LogP contribution in [-0.4, -0.2) is 11.9 Å². The average molecular weight is 274 g/mol. The molecule has 1 amide bonds. The number of nitrogens with two attached hydrogens (primary N) is 1. The monoisotopic (exact) mass is 274 g/mol. The van der Waals surface area contributed by atoms with Crippen LogP contribution in [-0.2, 0) is 11.3 Å². The molecule has 0 aliphatic heterocycles. The first-order valence-electron chi connectivity index (χ1n) is 7.56. The van der Waals surface area contributed by atoms with Gasteiger partial charge in [0.15, 0.2) is 0 Å². The molecule has 1 aromatic carbocycles. The van der Waals surface area contributed by atoms with E-state index in [1.165, 1.54) is 22.3 Å². The Morgan fingerprint density at radius 2 is 1.90 bits per heavy atom. The highest BCUT2D eigenvalue weighted by atomic mass is 16.1. The van der Waals surface area contributed by atoms with Crippen molar-refractivity contribution in [1.29, 1.82) is 0 Å². The van der Waals surface area contributed by atoms with Gasteiger partial charge in [0, 0.05) is 19.0 Å². The van der Waals surface area contributed by atoms with Crippen molar-refractivity contribution in [3.63, 3.8) is 0 Å². The third-order valence-corrected chi connectivity index (χ3v) is 4.47. The third-order valence-electron chi connectivity index (χ3n) is 4.47. The van der Waals surface area contributed by atoms with Gasteiger partial charge in [-0.25, -0.2) is 0 Å². The summed E-state index contributed by atoms with van der Waals surface area (Å²) in [5, 5.41) is 3.05. The van der Waals surface area contributed by atoms with Crippen molar-refractivity contribution < 1.29 is 4.79 Å². The largest absolute Gasteiger partial charge is 0.352 e. The molecule has 2 rings (SSSR count). The minimum absolute atomic E-state index is 0.131. The third kappa shape index (κ3) is 3.60. The van der Waals surface area contributed by atoms with Gasteiger partial charge in [0.1, 0.15) is 0 Å². The molecule has 0 bridgehead atoms. The van der Waals surface area contributed by atoms with Crippen LogP contribution in [0.5, 0.6) is 0 Å². The Morgan fingerprint density at radius 1 is 1.25 bits per heavy atom. The number of benzene rings is 1. The van der Waals surface area contributed by atoms with Crippen LogP contribution in [0.1, 0.15) is 47.9 Å². The van der Waals surface area contributed by atoms with E-state index in [1.807, 2.05) is 0 Å². The molecule has 3 heteroatoms. The SMILES string of the molecule is Cc1cc(C)c(CNC(=O)C[C@@H]2CCC[C@H]2N)c(C)c1. The van der Waals surface area contributed by atoms with Crippen LogP contribution in [0, 0.1) is 26.7 Å². The second-order valence-corrected chi connectivity index (χ2v) is 6.21. The molecule has 110 valence electrons. The predicted octanol–water partition coefficient (Wildman–Crippen LogP) is 2.75. The zero-order valence-corrected chi connectivity index (χ0v) is 12.8. The van der Waals surface area contributed by atoms with E-state index in [4.69, 9.17) is 5.73 Å². The molecule has 3 nitrogen and oxygen atoms in total. The predicted molar refractivity (Wildman–Crippen MR) is 82.4 cm³/mol. The molecular weight excluding hydrogens is 248 g/mol. The lowest BCUT2D eigenvalue weighted by molar-refractivity contribution is -0.122. The van der Waals surface area contributed by atoms with E-state index in [0.29, 0.717) is 18.9 Å². The van der Waals surface area contributed by atoms with Crippen molar-refractivity contribution in [3.8, 4) is 0 Å². The summed E-state index contributed by atoms with van der Waals surface area (Å²) in [6.07, 6.45) is 3.89. The minimum Gasteiger partial charge on any atom is -0.352 e. The van der Waals surface area contributed by atoms with Crippen LogP contribution in [0.3, 0.4) is 0 Å². The highest BCUT2D eigenvalue weighted by Crippen LogP contribution is 2.26. The number of amides is 1. The lowest BCUT2D eigenvalue weighted by Crippen LogP contribution is -2.31. The zero-order valence-electron chi connectivity index (χ0n) is 12.8. The lowest BCUT2D eigenvalue weighted by Gasteiger charge is -2.16. The van der Waals surface area contributed by atoms with Gasteiger partial charge in [-0.1, -0.05) is 24.1 Å². The van der Waals surface area contributed by atoms with Crippen molar-refractivity contribution >= 4 is 5.91 Å². The molecule has 0 saturated heterocycles. The summed E-state index contributed by atoms with van der Waals surface area (Å²) in [5.74, 6) is 0.502. The quantitative estimate of drug-likeness (QED) is 0.887. The van der Waals surface area contributed by atoms with Gasteiger partial charge in [-0.2, -0.15) is 0 Å². The first kappa shape index (κ1) is 15.0. The van der Waals surface area contributed by atoms with Gasteiger partial charge in [-0.05, 0) is 56.2 Å². The first-order chi connectivity index (χ1) is 9.47. The fraction of sp³-hybridized carbons (Fsp3) is 0.588. The maximum atomic E-state index is 12.0. The van der Waals surface area contributed by atoms with Crippen molar-refractivity contribution in [1.82, 2.24) is 5.32 Å². The Kier molecular flexibility index (Phi) is 4.81. The molecular formula is C17H26N2O. The van der Waals surface area contributed by atoms with Crippen molar-refractivity contribution in [2.24, 2.45) is 11.7 Å². The van der Waals surface area contributed by atoms with Crippen LogP contribution in [0.4, 0.5) is 0 Å². The zero-order chi connectivity index (χ0) is 14.7. The van der Waals surface area contributed by atoms with Gasteiger partial charge in [0.25, 0.3) is 0 Å². The summed E-state index contributed by atoms with van der Waals surface area (Å²) in [6.45, 7) is 6.94. The Labute approximate surface area is 121 Å². The number of nitrogens with one attached hydrogen (secondary N) is 1. The fourth-order valence-electron chi connectivity index (χ4n) is 3.30. The number of aryl methyl sites for hydroxylation is 3. The van der Waals surface area contributed by atoms with E-state index in [2.05, 4.69) is 38.2 Å². The summed E-state index contributed by atoms with van der Waals surface area (Å²) < 4.78 is 0. The Balaban J connectivity index is 1.90. The molecule has 1 saturated carbocycles. The highest BCUT2D eigenvalue weighted by Gasteiger charge is 2.25. The Bertz CT molecular complexity index is 473. The second-order valence-electron chi connectivity index (χ2n) is 6.21. The average Bonchev–Trinajstić information content (AvgIpc) is 2.73. The Morgan fingerprint density at radius 3 is 2.45 bits per heavy atom. The lowest BCUT2D eigenvalue weighted by atomic mass is 9.98. The first-order valence-corrected chi connectivity index (χ1v) is 7.56. The Hall–Kier alpha value is -1.35. The smallest absolute Gasteiger partial charge is 0.220 e. The number of hydrogen-bond acceptors (Lipinski definition) is 2. The summed E-state index contributed by atoms with van der Waals surface area (Å²) in [7, 11) is 0. The molecule has 1 aromatic rings. The molecule has 2 atom stereocenters. The van der Waals surface area contributed by atoms with E-state index >= 15 is 0 Å². The summed E-state index contributed by atoms with van der Waals surface area (Å²) in [6, 6.07) is 4.55. The van der Waals surface area contributed by atoms with E-state index in [1.54, 1.807) is 0 Å². The van der Waals surface area contributed by atoms with E-state index in [9.17, 15) is 4.79 Å². The topological polar surface area (TPSA) is 55.1 Å². The van der Waals surface area contributed by atoms with Gasteiger partial charge in [0.05, 0.1) is 0 Å². The molecule has 1 aliphatic rings. The molecule has 0 aromatic heterocycles. The van der Waals surface area contributed by atoms with Crippen LogP contribution < -0.4 is 11.1 Å². The molecule has 0 unspecified atom stereocenters. The summed E-state index contributed by atoms with van der Waals surface area (Å²) in [5.41, 5.74) is 11.0. The van der Waals surface area contributed by atoms with Crippen LogP contribution in [0.2, 0.25) is 0 Å². The second kappa shape index (κ2) is 6.40. The summed E-state index contributed by atoms with van der Waals surface area (Å²) >= 11 is 0. The number of carbonyl (C=O) groups excluding carboxylic acids is 1. The van der Waals surface area contributed by atoms with Gasteiger partial charge >= 0.3 is 0 Å². The van der Waals surface area contributed by atoms with E-state index < -0.39 is 0 Å². The van der Waals surface area contributed by atoms with E-state index in [0.717, 1.165) is 19.3 Å². The molecule has 1 aliphatic carbocycles. The molecule has 20 heavy (non-hydrogen) atoms. The molecule has 0 spiro atoms. The van der Waals surface area contributed by atoms with Gasteiger partial charge < -0.3 is 11.1 Å². The standard InChI is InChI=1S/C17H26N2O/c1-11-7-12(2)15(13(3)8-11)10-19-17(20)9-14-5-4-6-16(14)18/h7-8,14,16H,4-6,9-10,18H2,1-3H3,(H,19,20)/t14-,16+/m0/s1. The molecule has 3 N–H and O–H groups in total. The van der Waals surface area contributed by atoms with Gasteiger partial charge in [-0.3, -0.25) is 4.79 Å². The van der Waals surface area contributed by atoms with Crippen molar-refractivity contribution in [3.05, 3.63) is 34.4 Å². The highest BCUT2D eigenvalue weighted by molar-refractivity contribution is 5.76. The maximum Gasteiger partial charge on any atom is 0.220 e. The molecule has 1 fully saturated rings. The normalized spacial score (nSPS) is 22.0. The number of hydrogen-bond donors (Lipinski definition) is 2. The van der Waals surface area contributed by atoms with Crippen molar-refractivity contribution in [2.75, 3.05) is 0 Å². The maximum absolute atomic E-state index is 12.0.